The number of fused-ring (bicyclic) bond motifs is 1. The molecule has 13 heavy (non-hydrogen) atoms. The molecule has 1 heteroatoms. The van der Waals surface area contributed by atoms with E-state index >= 15 is 0 Å². The molecule has 1 aliphatic rings. The van der Waals surface area contributed by atoms with Crippen LogP contribution in [0, 0.1) is 0 Å². The lowest BCUT2D eigenvalue weighted by atomic mass is 10.1. The maximum atomic E-state index is 3.43. The average molecular weight is 177 g/mol. The first-order chi connectivity index (χ1) is 6.47. The molecule has 0 aliphatic carbocycles. The maximum absolute atomic E-state index is 3.43. The molecule has 72 valence electrons. The second-order valence-electron chi connectivity index (χ2n) is 3.04. The monoisotopic (exact) mass is 177 g/mol. The lowest BCUT2D eigenvalue weighted by Crippen LogP contribution is -1.98. The molecule has 1 N–H and O–H groups in total. The van der Waals surface area contributed by atoms with Crippen molar-refractivity contribution in [1.29, 1.82) is 0 Å². The lowest BCUT2D eigenvalue weighted by Gasteiger charge is -2.04. The third-order valence-electron chi connectivity index (χ3n) is 2.21. The summed E-state index contributed by atoms with van der Waals surface area (Å²) < 4.78 is 0. The Morgan fingerprint density at radius 3 is 2.69 bits per heavy atom. The first kappa shape index (κ1) is 10.1. The first-order valence-corrected chi connectivity index (χ1v) is 5.28. The van der Waals surface area contributed by atoms with Crippen molar-refractivity contribution in [3.8, 4) is 0 Å². The Morgan fingerprint density at radius 2 is 1.85 bits per heavy atom. The van der Waals surface area contributed by atoms with Crippen LogP contribution in [0.4, 0.5) is 5.69 Å². The van der Waals surface area contributed by atoms with Crippen molar-refractivity contribution in [3.63, 3.8) is 0 Å². The molecule has 0 unspecified atom stereocenters. The molecule has 1 aliphatic heterocycles. The summed E-state index contributed by atoms with van der Waals surface area (Å²) in [7, 11) is 0. The van der Waals surface area contributed by atoms with Crippen LogP contribution < -0.4 is 5.32 Å². The van der Waals surface area contributed by atoms with Gasteiger partial charge < -0.3 is 5.32 Å². The lowest BCUT2D eigenvalue weighted by molar-refractivity contribution is 0.785. The highest BCUT2D eigenvalue weighted by atomic mass is 14.9. The summed E-state index contributed by atoms with van der Waals surface area (Å²) in [5.41, 5.74) is 2.81. The number of aryl methyl sites for hydroxylation is 1. The van der Waals surface area contributed by atoms with Gasteiger partial charge in [-0.25, -0.2) is 0 Å². The average Bonchev–Trinajstić information content (AvgIpc) is 2.45. The Morgan fingerprint density at radius 1 is 1.08 bits per heavy atom. The summed E-state index contributed by atoms with van der Waals surface area (Å²) >= 11 is 0. The molecule has 0 fully saturated rings. The third kappa shape index (κ3) is 2.76. The van der Waals surface area contributed by atoms with Gasteiger partial charge in [0, 0.05) is 12.2 Å². The molecular weight excluding hydrogens is 158 g/mol. The minimum atomic E-state index is 1.14. The fourth-order valence-corrected chi connectivity index (χ4v) is 1.57. The standard InChI is InChI=1S/C10H13N.C2H6/c1-2-7-10-9(5-1)6-3-4-8-11-10;1-2/h1-2,5,7,11H,3-4,6,8H2;1-2H3. The van der Waals surface area contributed by atoms with E-state index in [4.69, 9.17) is 0 Å². The summed E-state index contributed by atoms with van der Waals surface area (Å²) in [5.74, 6) is 0. The molecule has 1 aromatic carbocycles. The third-order valence-corrected chi connectivity index (χ3v) is 2.21. The van der Waals surface area contributed by atoms with Crippen LogP contribution in [-0.2, 0) is 6.42 Å². The summed E-state index contributed by atoms with van der Waals surface area (Å²) in [6, 6.07) is 8.59. The molecule has 0 bridgehead atoms. The van der Waals surface area contributed by atoms with Gasteiger partial charge in [-0.05, 0) is 30.9 Å². The quantitative estimate of drug-likeness (QED) is 0.640. The van der Waals surface area contributed by atoms with Gasteiger partial charge >= 0.3 is 0 Å². The summed E-state index contributed by atoms with van der Waals surface area (Å²) in [4.78, 5) is 0. The van der Waals surface area contributed by atoms with Gasteiger partial charge in [0.1, 0.15) is 0 Å². The van der Waals surface area contributed by atoms with E-state index in [0.717, 1.165) is 6.54 Å². The number of nitrogens with one attached hydrogen (secondary N) is 1. The van der Waals surface area contributed by atoms with Crippen LogP contribution in [0.25, 0.3) is 0 Å². The fraction of sp³-hybridized carbons (Fsp3) is 0.500. The molecule has 0 spiro atoms. The Balaban J connectivity index is 0.000000396. The molecule has 1 nitrogen and oxygen atoms in total. The second kappa shape index (κ2) is 5.63. The first-order valence-electron chi connectivity index (χ1n) is 5.28. The number of para-hydroxylation sites is 1. The van der Waals surface area contributed by atoms with Crippen molar-refractivity contribution in [2.75, 3.05) is 11.9 Å². The second-order valence-corrected chi connectivity index (χ2v) is 3.04. The van der Waals surface area contributed by atoms with E-state index in [1.54, 1.807) is 0 Å². The number of hydrogen-bond acceptors (Lipinski definition) is 1. The minimum Gasteiger partial charge on any atom is -0.385 e. The normalized spacial score (nSPS) is 14.3. The van der Waals surface area contributed by atoms with Crippen LogP contribution in [-0.4, -0.2) is 6.54 Å². The van der Waals surface area contributed by atoms with Gasteiger partial charge in [-0.2, -0.15) is 0 Å². The highest BCUT2D eigenvalue weighted by Crippen LogP contribution is 2.19. The van der Waals surface area contributed by atoms with Crippen molar-refractivity contribution in [2.24, 2.45) is 0 Å². The maximum Gasteiger partial charge on any atom is 0.0372 e. The molecule has 0 amide bonds. The van der Waals surface area contributed by atoms with E-state index in [1.165, 1.54) is 30.5 Å². The number of hydrogen-bond donors (Lipinski definition) is 1. The summed E-state index contributed by atoms with van der Waals surface area (Å²) in [6.45, 7) is 5.14. The van der Waals surface area contributed by atoms with Crippen LogP contribution in [0.3, 0.4) is 0 Å². The van der Waals surface area contributed by atoms with Crippen LogP contribution in [0.15, 0.2) is 24.3 Å². The zero-order valence-corrected chi connectivity index (χ0v) is 8.64. The predicted octanol–water partition coefficient (Wildman–Crippen LogP) is 3.46. The largest absolute Gasteiger partial charge is 0.385 e. The van der Waals surface area contributed by atoms with E-state index in [1.807, 2.05) is 13.8 Å². The van der Waals surface area contributed by atoms with Gasteiger partial charge in [-0.1, -0.05) is 32.0 Å². The SMILES string of the molecule is CC.c1ccc2c(c1)CCCCN2. The van der Waals surface area contributed by atoms with Gasteiger partial charge in [0.25, 0.3) is 0 Å². The number of rotatable bonds is 0. The zero-order valence-electron chi connectivity index (χ0n) is 8.64. The summed E-state index contributed by atoms with van der Waals surface area (Å²) in [6.07, 6.45) is 3.86. The molecule has 0 aromatic heterocycles. The van der Waals surface area contributed by atoms with Gasteiger partial charge in [-0.15, -0.1) is 0 Å². The van der Waals surface area contributed by atoms with Crippen LogP contribution in [0.1, 0.15) is 32.3 Å². The molecule has 0 saturated heterocycles. The van der Waals surface area contributed by atoms with Crippen molar-refractivity contribution in [3.05, 3.63) is 29.8 Å². The van der Waals surface area contributed by atoms with E-state index < -0.39 is 0 Å². The smallest absolute Gasteiger partial charge is 0.0372 e. The Bertz CT molecular complexity index is 218. The predicted molar refractivity (Wildman–Crippen MR) is 59.2 cm³/mol. The molecule has 0 saturated carbocycles. The van der Waals surface area contributed by atoms with E-state index in [2.05, 4.69) is 29.6 Å². The van der Waals surface area contributed by atoms with Crippen LogP contribution in [0.5, 0.6) is 0 Å². The van der Waals surface area contributed by atoms with Gasteiger partial charge in [0.05, 0.1) is 0 Å². The van der Waals surface area contributed by atoms with Crippen molar-refractivity contribution < 1.29 is 0 Å². The highest BCUT2D eigenvalue weighted by molar-refractivity contribution is 5.51. The van der Waals surface area contributed by atoms with Crippen LogP contribution >= 0.6 is 0 Å². The Labute approximate surface area is 81.2 Å². The molecule has 1 aromatic rings. The van der Waals surface area contributed by atoms with Gasteiger partial charge in [0.15, 0.2) is 0 Å². The molecule has 0 atom stereocenters. The number of benzene rings is 1. The van der Waals surface area contributed by atoms with Gasteiger partial charge in [-0.3, -0.25) is 0 Å². The highest BCUT2D eigenvalue weighted by Gasteiger charge is 2.04. The topological polar surface area (TPSA) is 12.0 Å². The van der Waals surface area contributed by atoms with E-state index in [-0.39, 0.29) is 0 Å². The Hall–Kier alpha value is -0.980. The van der Waals surface area contributed by atoms with Crippen molar-refractivity contribution in [2.45, 2.75) is 33.1 Å². The van der Waals surface area contributed by atoms with Crippen molar-refractivity contribution >= 4 is 5.69 Å². The van der Waals surface area contributed by atoms with E-state index in [9.17, 15) is 0 Å². The Kier molecular flexibility index (Phi) is 4.37. The minimum absolute atomic E-state index is 1.14. The molecular formula is C12H19N. The molecule has 0 radical (unpaired) electrons. The van der Waals surface area contributed by atoms with Crippen LogP contribution in [0.2, 0.25) is 0 Å². The molecule has 2 rings (SSSR count). The van der Waals surface area contributed by atoms with Gasteiger partial charge in [0.2, 0.25) is 0 Å². The molecule has 1 heterocycles. The summed E-state index contributed by atoms with van der Waals surface area (Å²) in [5, 5.41) is 3.43. The fourth-order valence-electron chi connectivity index (χ4n) is 1.57. The van der Waals surface area contributed by atoms with E-state index in [0.29, 0.717) is 0 Å². The number of anilines is 1. The zero-order chi connectivity index (χ0) is 9.52. The van der Waals surface area contributed by atoms with Crippen molar-refractivity contribution in [1.82, 2.24) is 0 Å².